The van der Waals surface area contributed by atoms with E-state index in [9.17, 15) is 4.79 Å². The molecule has 6 heteroatoms. The highest BCUT2D eigenvalue weighted by Gasteiger charge is 2.21. The molecule has 2 N–H and O–H groups in total. The van der Waals surface area contributed by atoms with Gasteiger partial charge in [0.05, 0.1) is 6.54 Å². The third kappa shape index (κ3) is 3.98. The number of nitrogens with zero attached hydrogens (tertiary/aromatic N) is 2. The van der Waals surface area contributed by atoms with Gasteiger partial charge in [-0.15, -0.1) is 0 Å². The van der Waals surface area contributed by atoms with Crippen molar-refractivity contribution in [1.29, 1.82) is 0 Å². The van der Waals surface area contributed by atoms with Crippen LogP contribution in [0.25, 0.3) is 0 Å². The Bertz CT molecular complexity index is 322. The summed E-state index contributed by atoms with van der Waals surface area (Å²) in [5.74, 6) is 1.44. The van der Waals surface area contributed by atoms with E-state index in [0.717, 1.165) is 12.5 Å². The van der Waals surface area contributed by atoms with E-state index in [0.29, 0.717) is 25.3 Å². The second kappa shape index (κ2) is 5.60. The predicted molar refractivity (Wildman–Crippen MR) is 56.6 cm³/mol. The van der Waals surface area contributed by atoms with Crippen molar-refractivity contribution in [3.8, 4) is 0 Å². The van der Waals surface area contributed by atoms with E-state index in [1.54, 1.807) is 0 Å². The Morgan fingerprint density at radius 3 is 3.12 bits per heavy atom. The smallest absolute Gasteiger partial charge is 0.233 e. The van der Waals surface area contributed by atoms with Gasteiger partial charge in [0.2, 0.25) is 12.3 Å². The first kappa shape index (κ1) is 11.1. The van der Waals surface area contributed by atoms with E-state index in [-0.39, 0.29) is 5.91 Å². The highest BCUT2D eigenvalue weighted by Crippen LogP contribution is 2.27. The number of carbonyl (C=O) groups excluding carboxylic acids is 1. The molecule has 0 aromatic carbocycles. The predicted octanol–water partition coefficient (Wildman–Crippen LogP) is -0.272. The van der Waals surface area contributed by atoms with Crippen LogP contribution >= 0.6 is 0 Å². The Labute approximate surface area is 93.8 Å². The molecule has 1 amide bonds. The summed E-state index contributed by atoms with van der Waals surface area (Å²) < 4.78 is 4.60. The Balaban J connectivity index is 1.48. The van der Waals surface area contributed by atoms with E-state index < -0.39 is 0 Å². The monoisotopic (exact) mass is 224 g/mol. The minimum absolute atomic E-state index is 0.0556. The van der Waals surface area contributed by atoms with E-state index >= 15 is 0 Å². The van der Waals surface area contributed by atoms with Gasteiger partial charge in [-0.2, -0.15) is 4.98 Å². The molecule has 2 rings (SSSR count). The van der Waals surface area contributed by atoms with E-state index in [4.69, 9.17) is 0 Å². The zero-order chi connectivity index (χ0) is 11.2. The summed E-state index contributed by atoms with van der Waals surface area (Å²) in [5, 5.41) is 9.59. The van der Waals surface area contributed by atoms with Crippen molar-refractivity contribution in [3.05, 3.63) is 12.2 Å². The standard InChI is InChI=1S/C10H16N4O2/c15-10(12-5-8-1-2-8)6-11-4-3-9-13-7-16-14-9/h7-8,11H,1-6H2,(H,12,15). The number of hydrogen-bond donors (Lipinski definition) is 2. The van der Waals surface area contributed by atoms with Crippen LogP contribution in [0.4, 0.5) is 0 Å². The topological polar surface area (TPSA) is 80.1 Å². The first-order chi connectivity index (χ1) is 7.84. The van der Waals surface area contributed by atoms with Gasteiger partial charge in [0.15, 0.2) is 5.82 Å². The van der Waals surface area contributed by atoms with Crippen LogP contribution in [0.1, 0.15) is 18.7 Å². The fourth-order valence-corrected chi connectivity index (χ4v) is 1.35. The van der Waals surface area contributed by atoms with Crippen molar-refractivity contribution in [3.63, 3.8) is 0 Å². The van der Waals surface area contributed by atoms with Crippen molar-refractivity contribution in [2.45, 2.75) is 19.3 Å². The summed E-state index contributed by atoms with van der Waals surface area (Å²) in [7, 11) is 0. The van der Waals surface area contributed by atoms with Gasteiger partial charge < -0.3 is 15.2 Å². The van der Waals surface area contributed by atoms with Gasteiger partial charge in [0.25, 0.3) is 0 Å². The molecule has 0 unspecified atom stereocenters. The van der Waals surface area contributed by atoms with E-state index in [1.807, 2.05) is 0 Å². The fourth-order valence-electron chi connectivity index (χ4n) is 1.35. The summed E-state index contributed by atoms with van der Waals surface area (Å²) in [4.78, 5) is 15.2. The molecule has 1 heterocycles. The van der Waals surface area contributed by atoms with Crippen molar-refractivity contribution in [2.75, 3.05) is 19.6 Å². The molecule has 0 saturated heterocycles. The maximum atomic E-state index is 11.3. The van der Waals surface area contributed by atoms with Crippen LogP contribution in [0.3, 0.4) is 0 Å². The molecule has 1 aromatic heterocycles. The zero-order valence-electron chi connectivity index (χ0n) is 9.11. The second-order valence-electron chi connectivity index (χ2n) is 4.02. The molecule has 0 atom stereocenters. The molecule has 16 heavy (non-hydrogen) atoms. The van der Waals surface area contributed by atoms with Gasteiger partial charge in [-0.05, 0) is 18.8 Å². The van der Waals surface area contributed by atoms with Crippen molar-refractivity contribution in [2.24, 2.45) is 5.92 Å². The minimum Gasteiger partial charge on any atom is -0.355 e. The van der Waals surface area contributed by atoms with Crippen LogP contribution in [-0.2, 0) is 11.2 Å². The molecule has 0 bridgehead atoms. The molecule has 1 fully saturated rings. The van der Waals surface area contributed by atoms with Crippen LogP contribution in [-0.4, -0.2) is 35.7 Å². The molecular weight excluding hydrogens is 208 g/mol. The second-order valence-corrected chi connectivity index (χ2v) is 4.02. The largest absolute Gasteiger partial charge is 0.355 e. The molecule has 1 aromatic rings. The van der Waals surface area contributed by atoms with Crippen LogP contribution in [0.5, 0.6) is 0 Å². The Morgan fingerprint density at radius 2 is 2.44 bits per heavy atom. The lowest BCUT2D eigenvalue weighted by atomic mass is 10.4. The average molecular weight is 224 g/mol. The Kier molecular flexibility index (Phi) is 3.87. The van der Waals surface area contributed by atoms with Crippen molar-refractivity contribution < 1.29 is 9.32 Å². The number of nitrogens with one attached hydrogen (secondary N) is 2. The van der Waals surface area contributed by atoms with Gasteiger partial charge in [-0.25, -0.2) is 0 Å². The van der Waals surface area contributed by atoms with Gasteiger partial charge in [0.1, 0.15) is 0 Å². The molecule has 6 nitrogen and oxygen atoms in total. The van der Waals surface area contributed by atoms with E-state index in [1.165, 1.54) is 19.2 Å². The molecule has 1 aliphatic carbocycles. The lowest BCUT2D eigenvalue weighted by Gasteiger charge is -2.04. The van der Waals surface area contributed by atoms with Gasteiger partial charge >= 0.3 is 0 Å². The van der Waals surface area contributed by atoms with Gasteiger partial charge in [-0.1, -0.05) is 5.16 Å². The van der Waals surface area contributed by atoms with Crippen LogP contribution in [0.15, 0.2) is 10.9 Å². The third-order valence-corrected chi connectivity index (χ3v) is 2.50. The Hall–Kier alpha value is -1.43. The van der Waals surface area contributed by atoms with Crippen LogP contribution in [0.2, 0.25) is 0 Å². The molecule has 88 valence electrons. The summed E-state index contributed by atoms with van der Waals surface area (Å²) in [5.41, 5.74) is 0. The number of aromatic nitrogens is 2. The lowest BCUT2D eigenvalue weighted by molar-refractivity contribution is -0.120. The van der Waals surface area contributed by atoms with Crippen LogP contribution < -0.4 is 10.6 Å². The highest BCUT2D eigenvalue weighted by molar-refractivity contribution is 5.77. The third-order valence-electron chi connectivity index (χ3n) is 2.50. The maximum Gasteiger partial charge on any atom is 0.233 e. The Morgan fingerprint density at radius 1 is 1.56 bits per heavy atom. The first-order valence-electron chi connectivity index (χ1n) is 5.57. The molecular formula is C10H16N4O2. The van der Waals surface area contributed by atoms with Crippen LogP contribution in [0, 0.1) is 5.92 Å². The molecule has 1 saturated carbocycles. The highest BCUT2D eigenvalue weighted by atomic mass is 16.5. The SMILES string of the molecule is O=C(CNCCc1ncon1)NCC1CC1. The molecule has 0 aliphatic heterocycles. The quantitative estimate of drug-likeness (QED) is 0.623. The number of carbonyl (C=O) groups is 1. The zero-order valence-corrected chi connectivity index (χ0v) is 9.11. The summed E-state index contributed by atoms with van der Waals surface area (Å²) in [6.45, 7) is 1.85. The minimum atomic E-state index is 0.0556. The first-order valence-corrected chi connectivity index (χ1v) is 5.57. The average Bonchev–Trinajstić information content (AvgIpc) is 2.97. The van der Waals surface area contributed by atoms with Gasteiger partial charge in [0, 0.05) is 19.5 Å². The lowest BCUT2D eigenvalue weighted by Crippen LogP contribution is -2.35. The number of amides is 1. The molecule has 0 radical (unpaired) electrons. The number of hydrogen-bond acceptors (Lipinski definition) is 5. The maximum absolute atomic E-state index is 11.3. The van der Waals surface area contributed by atoms with Crippen molar-refractivity contribution >= 4 is 5.91 Å². The number of rotatable bonds is 7. The summed E-state index contributed by atoms with van der Waals surface area (Å²) in [6, 6.07) is 0. The van der Waals surface area contributed by atoms with E-state index in [2.05, 4.69) is 25.3 Å². The summed E-state index contributed by atoms with van der Waals surface area (Å²) in [6.07, 6.45) is 4.49. The van der Waals surface area contributed by atoms with Crippen molar-refractivity contribution in [1.82, 2.24) is 20.8 Å². The molecule has 0 spiro atoms. The normalized spacial score (nSPS) is 15.0. The summed E-state index contributed by atoms with van der Waals surface area (Å²) >= 11 is 0. The fraction of sp³-hybridized carbons (Fsp3) is 0.700. The molecule has 1 aliphatic rings. The van der Waals surface area contributed by atoms with Gasteiger partial charge in [-0.3, -0.25) is 4.79 Å².